The van der Waals surface area contributed by atoms with Gasteiger partial charge in [-0.1, -0.05) is 0 Å². The van der Waals surface area contributed by atoms with Crippen molar-refractivity contribution in [3.63, 3.8) is 0 Å². The summed E-state index contributed by atoms with van der Waals surface area (Å²) in [4.78, 5) is 2.51. The number of nitrogens with zero attached hydrogens (tertiary/aromatic N) is 2. The molecular weight excluding hydrogens is 160 g/mol. The van der Waals surface area contributed by atoms with Gasteiger partial charge in [-0.2, -0.15) is 0 Å². The van der Waals surface area contributed by atoms with Crippen molar-refractivity contribution in [3.8, 4) is 0 Å². The van der Waals surface area contributed by atoms with Gasteiger partial charge in [-0.05, 0) is 31.9 Å². The van der Waals surface area contributed by atoms with Gasteiger partial charge in [0.25, 0.3) is 0 Å². The second-order valence-corrected chi connectivity index (χ2v) is 5.00. The zero-order valence-electron chi connectivity index (χ0n) is 8.96. The van der Waals surface area contributed by atoms with E-state index in [4.69, 9.17) is 0 Å². The Morgan fingerprint density at radius 2 is 1.54 bits per heavy atom. The van der Waals surface area contributed by atoms with Crippen LogP contribution < -0.4 is 0 Å². The van der Waals surface area contributed by atoms with Gasteiger partial charge in [-0.25, -0.2) is 0 Å². The monoisotopic (exact) mass is 178 g/mol. The van der Waals surface area contributed by atoms with Gasteiger partial charge < -0.3 is 4.57 Å². The molecule has 0 atom stereocenters. The number of aromatic nitrogens is 1. The van der Waals surface area contributed by atoms with Crippen molar-refractivity contribution in [1.82, 2.24) is 9.47 Å². The highest BCUT2D eigenvalue weighted by Crippen LogP contribution is 2.29. The minimum atomic E-state index is 0.296. The van der Waals surface area contributed by atoms with Crippen LogP contribution >= 0.6 is 0 Å². The van der Waals surface area contributed by atoms with Crippen molar-refractivity contribution in [2.75, 3.05) is 0 Å². The molecule has 0 aliphatic carbocycles. The molecule has 0 radical (unpaired) electrons. The summed E-state index contributed by atoms with van der Waals surface area (Å²) in [6.07, 6.45) is 4.47. The smallest absolute Gasteiger partial charge is 0.0260 e. The third-order valence-corrected chi connectivity index (χ3v) is 2.80. The van der Waals surface area contributed by atoms with Crippen LogP contribution in [0, 0.1) is 0 Å². The van der Waals surface area contributed by atoms with Crippen LogP contribution in [0.5, 0.6) is 0 Å². The standard InChI is InChI=1S/C11H18N2/c1-11(2,3)13-7-9-5-12(4)6-10(9)8-13/h5-6H,7-8H2,1-4H3. The Kier molecular flexibility index (Phi) is 1.77. The molecule has 0 spiro atoms. The van der Waals surface area contributed by atoms with Crippen LogP contribution in [-0.4, -0.2) is 15.0 Å². The largest absolute Gasteiger partial charge is 0.357 e. The van der Waals surface area contributed by atoms with Gasteiger partial charge >= 0.3 is 0 Å². The number of rotatable bonds is 0. The van der Waals surface area contributed by atoms with E-state index in [2.05, 4.69) is 49.7 Å². The first kappa shape index (κ1) is 8.82. The Labute approximate surface area is 80.2 Å². The molecule has 0 bridgehead atoms. The maximum Gasteiger partial charge on any atom is 0.0260 e. The van der Waals surface area contributed by atoms with Crippen LogP contribution in [0.2, 0.25) is 0 Å². The van der Waals surface area contributed by atoms with Crippen LogP contribution in [0.25, 0.3) is 0 Å². The number of aryl methyl sites for hydroxylation is 1. The van der Waals surface area contributed by atoms with E-state index in [0.29, 0.717) is 5.54 Å². The van der Waals surface area contributed by atoms with E-state index in [1.165, 1.54) is 11.1 Å². The van der Waals surface area contributed by atoms with E-state index in [1.54, 1.807) is 0 Å². The minimum absolute atomic E-state index is 0.296. The second-order valence-electron chi connectivity index (χ2n) is 5.00. The lowest BCUT2D eigenvalue weighted by atomic mass is 10.1. The highest BCUT2D eigenvalue weighted by Gasteiger charge is 2.28. The third kappa shape index (κ3) is 1.51. The SMILES string of the molecule is Cn1cc2c(c1)CN(C(C)(C)C)C2. The van der Waals surface area contributed by atoms with Gasteiger partial charge in [-0.15, -0.1) is 0 Å². The summed E-state index contributed by atoms with van der Waals surface area (Å²) in [7, 11) is 2.10. The summed E-state index contributed by atoms with van der Waals surface area (Å²) in [5.74, 6) is 0. The third-order valence-electron chi connectivity index (χ3n) is 2.80. The average molecular weight is 178 g/mol. The fraction of sp³-hybridized carbons (Fsp3) is 0.636. The fourth-order valence-corrected chi connectivity index (χ4v) is 1.92. The lowest BCUT2D eigenvalue weighted by Crippen LogP contribution is -2.37. The molecule has 13 heavy (non-hydrogen) atoms. The predicted octanol–water partition coefficient (Wildman–Crippen LogP) is 2.14. The van der Waals surface area contributed by atoms with Gasteiger partial charge in [0.05, 0.1) is 0 Å². The molecular formula is C11H18N2. The zero-order valence-corrected chi connectivity index (χ0v) is 8.96. The summed E-state index contributed by atoms with van der Waals surface area (Å²) in [5.41, 5.74) is 3.29. The number of hydrogen-bond donors (Lipinski definition) is 0. The number of fused-ring (bicyclic) bond motifs is 1. The number of hydrogen-bond acceptors (Lipinski definition) is 1. The Balaban J connectivity index is 2.20. The van der Waals surface area contributed by atoms with E-state index >= 15 is 0 Å². The molecule has 1 aliphatic rings. The molecule has 72 valence electrons. The summed E-state index contributed by atoms with van der Waals surface area (Å²) in [5, 5.41) is 0. The molecule has 0 N–H and O–H groups in total. The van der Waals surface area contributed by atoms with Gasteiger partial charge in [0.1, 0.15) is 0 Å². The predicted molar refractivity (Wildman–Crippen MR) is 54.4 cm³/mol. The molecule has 0 saturated carbocycles. The molecule has 2 heterocycles. The van der Waals surface area contributed by atoms with E-state index in [9.17, 15) is 0 Å². The van der Waals surface area contributed by atoms with Crippen molar-refractivity contribution >= 4 is 0 Å². The maximum atomic E-state index is 2.51. The van der Waals surface area contributed by atoms with Gasteiger partial charge in [0, 0.05) is 38.1 Å². The Hall–Kier alpha value is -0.760. The first-order valence-corrected chi connectivity index (χ1v) is 4.85. The van der Waals surface area contributed by atoms with E-state index in [-0.39, 0.29) is 0 Å². The molecule has 1 aromatic heterocycles. The second kappa shape index (κ2) is 2.61. The minimum Gasteiger partial charge on any atom is -0.357 e. The topological polar surface area (TPSA) is 8.17 Å². The summed E-state index contributed by atoms with van der Waals surface area (Å²) in [6.45, 7) is 9.05. The Morgan fingerprint density at radius 1 is 1.08 bits per heavy atom. The molecule has 0 amide bonds. The van der Waals surface area contributed by atoms with Gasteiger partial charge in [0.2, 0.25) is 0 Å². The van der Waals surface area contributed by atoms with Crippen molar-refractivity contribution in [1.29, 1.82) is 0 Å². The van der Waals surface area contributed by atoms with Crippen molar-refractivity contribution in [2.24, 2.45) is 7.05 Å². The lowest BCUT2D eigenvalue weighted by Gasteiger charge is -2.31. The molecule has 2 heteroatoms. The van der Waals surface area contributed by atoms with Crippen LogP contribution in [0.3, 0.4) is 0 Å². The molecule has 0 aromatic carbocycles. The Morgan fingerprint density at radius 3 is 1.92 bits per heavy atom. The molecule has 0 unspecified atom stereocenters. The van der Waals surface area contributed by atoms with E-state index in [1.807, 2.05) is 0 Å². The fourth-order valence-electron chi connectivity index (χ4n) is 1.92. The maximum absolute atomic E-state index is 2.51. The zero-order chi connectivity index (χ0) is 9.64. The summed E-state index contributed by atoms with van der Waals surface area (Å²) in [6, 6.07) is 0. The molecule has 2 nitrogen and oxygen atoms in total. The normalized spacial score (nSPS) is 17.8. The van der Waals surface area contributed by atoms with Crippen LogP contribution in [0.15, 0.2) is 12.4 Å². The van der Waals surface area contributed by atoms with Crippen molar-refractivity contribution in [3.05, 3.63) is 23.5 Å². The summed E-state index contributed by atoms with van der Waals surface area (Å²) >= 11 is 0. The summed E-state index contributed by atoms with van der Waals surface area (Å²) < 4.78 is 2.16. The van der Waals surface area contributed by atoms with Crippen molar-refractivity contribution < 1.29 is 0 Å². The van der Waals surface area contributed by atoms with E-state index < -0.39 is 0 Å². The highest BCUT2D eigenvalue weighted by molar-refractivity contribution is 5.28. The first-order valence-electron chi connectivity index (χ1n) is 4.85. The van der Waals surface area contributed by atoms with Gasteiger partial charge in [0.15, 0.2) is 0 Å². The van der Waals surface area contributed by atoms with Gasteiger partial charge in [-0.3, -0.25) is 4.90 Å². The molecule has 1 aromatic rings. The molecule has 0 fully saturated rings. The molecule has 2 rings (SSSR count). The van der Waals surface area contributed by atoms with Crippen LogP contribution in [0.4, 0.5) is 0 Å². The Bertz CT molecular complexity index is 294. The van der Waals surface area contributed by atoms with Crippen molar-refractivity contribution in [2.45, 2.75) is 39.4 Å². The van der Waals surface area contributed by atoms with E-state index in [0.717, 1.165) is 13.1 Å². The highest BCUT2D eigenvalue weighted by atomic mass is 15.2. The molecule has 0 saturated heterocycles. The average Bonchev–Trinajstić information content (AvgIpc) is 2.40. The van der Waals surface area contributed by atoms with Crippen LogP contribution in [-0.2, 0) is 20.1 Å². The lowest BCUT2D eigenvalue weighted by molar-refractivity contribution is 0.135. The first-order chi connectivity index (χ1) is 5.97. The molecule has 1 aliphatic heterocycles. The van der Waals surface area contributed by atoms with Crippen LogP contribution in [0.1, 0.15) is 31.9 Å². The quantitative estimate of drug-likeness (QED) is 0.591.